The summed E-state index contributed by atoms with van der Waals surface area (Å²) in [6.07, 6.45) is 1.89. The van der Waals surface area contributed by atoms with Gasteiger partial charge in [0.15, 0.2) is 11.6 Å². The number of carbonyl (C=O) groups excluding carboxylic acids is 1. The average molecular weight is 454 g/mol. The van der Waals surface area contributed by atoms with Crippen molar-refractivity contribution in [3.63, 3.8) is 0 Å². The van der Waals surface area contributed by atoms with Crippen molar-refractivity contribution in [1.29, 1.82) is 0 Å². The van der Waals surface area contributed by atoms with Crippen LogP contribution in [0.25, 0.3) is 22.0 Å². The standard InChI is InChI=1S/C25H18ClF2NO3/c26-18-11-20-17(10-16(18)13-4-6-14(7-5-13)25(12-30)8-9-25)21(24(32)29-20)23(31)15-2-1-3-19(27)22(15)28/h1-7,10-11,29-30,32H,8-9,12H2. The molecule has 4 nitrogen and oxygen atoms in total. The molecule has 1 heterocycles. The number of rotatable bonds is 5. The second-order valence-corrected chi connectivity index (χ2v) is 8.58. The lowest BCUT2D eigenvalue weighted by molar-refractivity contribution is 0.103. The number of H-pyrrole nitrogens is 1. The molecule has 0 unspecified atom stereocenters. The van der Waals surface area contributed by atoms with E-state index in [1.807, 2.05) is 24.3 Å². The summed E-state index contributed by atoms with van der Waals surface area (Å²) in [6.45, 7) is 0.101. The number of aromatic nitrogens is 1. The molecule has 7 heteroatoms. The van der Waals surface area contributed by atoms with Gasteiger partial charge in [-0.2, -0.15) is 0 Å². The number of aromatic hydroxyl groups is 1. The molecule has 1 aliphatic rings. The number of nitrogens with one attached hydrogen (secondary N) is 1. The number of fused-ring (bicyclic) bond motifs is 1. The Kier molecular flexibility index (Phi) is 4.80. The molecule has 0 saturated heterocycles. The summed E-state index contributed by atoms with van der Waals surface area (Å²) in [6, 6.07) is 14.2. The monoisotopic (exact) mass is 453 g/mol. The van der Waals surface area contributed by atoms with Crippen LogP contribution in [0.2, 0.25) is 5.02 Å². The highest BCUT2D eigenvalue weighted by atomic mass is 35.5. The fraction of sp³-hybridized carbons (Fsp3) is 0.160. The molecule has 0 radical (unpaired) electrons. The third kappa shape index (κ3) is 3.18. The molecule has 0 spiro atoms. The molecule has 0 bridgehead atoms. The van der Waals surface area contributed by atoms with E-state index in [9.17, 15) is 23.8 Å². The molecule has 1 fully saturated rings. The number of carbonyl (C=O) groups is 1. The van der Waals surface area contributed by atoms with E-state index < -0.39 is 28.9 Å². The van der Waals surface area contributed by atoms with Gasteiger partial charge in [-0.15, -0.1) is 0 Å². The van der Waals surface area contributed by atoms with Gasteiger partial charge >= 0.3 is 0 Å². The Hall–Kier alpha value is -3.22. The number of aromatic amines is 1. The predicted molar refractivity (Wildman–Crippen MR) is 118 cm³/mol. The van der Waals surface area contributed by atoms with Crippen LogP contribution >= 0.6 is 11.6 Å². The van der Waals surface area contributed by atoms with Gasteiger partial charge in [0.2, 0.25) is 11.7 Å². The quantitative estimate of drug-likeness (QED) is 0.338. The Morgan fingerprint density at radius 2 is 1.81 bits per heavy atom. The fourth-order valence-corrected chi connectivity index (χ4v) is 4.43. The molecule has 0 amide bonds. The van der Waals surface area contributed by atoms with Crippen molar-refractivity contribution >= 4 is 28.3 Å². The first-order chi connectivity index (χ1) is 15.3. The molecular weight excluding hydrogens is 436 g/mol. The highest BCUT2D eigenvalue weighted by molar-refractivity contribution is 6.34. The summed E-state index contributed by atoms with van der Waals surface area (Å²) >= 11 is 6.48. The van der Waals surface area contributed by atoms with Crippen molar-refractivity contribution in [1.82, 2.24) is 4.98 Å². The Balaban J connectivity index is 1.61. The van der Waals surface area contributed by atoms with E-state index in [1.165, 1.54) is 12.1 Å². The van der Waals surface area contributed by atoms with Gasteiger partial charge in [0, 0.05) is 16.4 Å². The zero-order valence-electron chi connectivity index (χ0n) is 16.8. The van der Waals surface area contributed by atoms with E-state index >= 15 is 0 Å². The van der Waals surface area contributed by atoms with Gasteiger partial charge in [0.25, 0.3) is 0 Å². The summed E-state index contributed by atoms with van der Waals surface area (Å²) < 4.78 is 27.9. The predicted octanol–water partition coefficient (Wildman–Crippen LogP) is 5.73. The summed E-state index contributed by atoms with van der Waals surface area (Å²) in [5.41, 5.74) is 2.06. The molecule has 32 heavy (non-hydrogen) atoms. The molecule has 1 saturated carbocycles. The van der Waals surface area contributed by atoms with Crippen LogP contribution in [0.1, 0.15) is 34.3 Å². The SMILES string of the molecule is O=C(c1cccc(F)c1F)c1c(O)[nH]c2cc(Cl)c(-c3ccc(C4(CO)CC4)cc3)cc12. The summed E-state index contributed by atoms with van der Waals surface area (Å²) in [4.78, 5) is 15.7. The zero-order chi connectivity index (χ0) is 22.6. The number of ketones is 1. The topological polar surface area (TPSA) is 73.3 Å². The van der Waals surface area contributed by atoms with E-state index in [0.29, 0.717) is 21.5 Å². The first-order valence-corrected chi connectivity index (χ1v) is 10.5. The van der Waals surface area contributed by atoms with Crippen molar-refractivity contribution in [2.75, 3.05) is 6.61 Å². The molecule has 1 aliphatic carbocycles. The van der Waals surface area contributed by atoms with Crippen molar-refractivity contribution in [3.8, 4) is 17.0 Å². The summed E-state index contributed by atoms with van der Waals surface area (Å²) in [7, 11) is 0. The number of hydrogen-bond donors (Lipinski definition) is 3. The van der Waals surface area contributed by atoms with Crippen molar-refractivity contribution in [2.45, 2.75) is 18.3 Å². The minimum Gasteiger partial charge on any atom is -0.494 e. The van der Waals surface area contributed by atoms with Crippen molar-refractivity contribution in [2.24, 2.45) is 0 Å². The maximum absolute atomic E-state index is 14.2. The minimum absolute atomic E-state index is 0.101. The highest BCUT2D eigenvalue weighted by Gasteiger charge is 2.43. The van der Waals surface area contributed by atoms with Gasteiger partial charge < -0.3 is 15.2 Å². The van der Waals surface area contributed by atoms with Gasteiger partial charge in [-0.25, -0.2) is 8.78 Å². The minimum atomic E-state index is -1.27. The lowest BCUT2D eigenvalue weighted by Gasteiger charge is -2.13. The van der Waals surface area contributed by atoms with Crippen molar-refractivity contribution < 1.29 is 23.8 Å². The molecule has 0 atom stereocenters. The van der Waals surface area contributed by atoms with Crippen LogP contribution < -0.4 is 0 Å². The van der Waals surface area contributed by atoms with Gasteiger partial charge in [-0.1, -0.05) is 41.9 Å². The highest BCUT2D eigenvalue weighted by Crippen LogP contribution is 2.48. The van der Waals surface area contributed by atoms with Crippen LogP contribution in [0, 0.1) is 11.6 Å². The van der Waals surface area contributed by atoms with Gasteiger partial charge in [0.05, 0.1) is 28.3 Å². The van der Waals surface area contributed by atoms with Crippen LogP contribution in [-0.4, -0.2) is 27.6 Å². The number of benzene rings is 3. The van der Waals surface area contributed by atoms with E-state index in [2.05, 4.69) is 4.98 Å². The molecular formula is C25H18ClF2NO3. The molecule has 0 aliphatic heterocycles. The number of hydrogen-bond acceptors (Lipinski definition) is 3. The largest absolute Gasteiger partial charge is 0.494 e. The molecule has 3 aromatic carbocycles. The first-order valence-electron chi connectivity index (χ1n) is 10.1. The Labute approximate surface area is 187 Å². The second kappa shape index (κ2) is 7.43. The van der Waals surface area contributed by atoms with E-state index in [-0.39, 0.29) is 17.6 Å². The Morgan fingerprint density at radius 1 is 1.09 bits per heavy atom. The van der Waals surface area contributed by atoms with Crippen molar-refractivity contribution in [3.05, 3.63) is 87.9 Å². The summed E-state index contributed by atoms with van der Waals surface area (Å²) in [5, 5.41) is 20.8. The average Bonchev–Trinajstić information content (AvgIpc) is 3.52. The van der Waals surface area contributed by atoms with Crippen LogP contribution in [0.3, 0.4) is 0 Å². The fourth-order valence-electron chi connectivity index (χ4n) is 4.16. The normalized spacial score (nSPS) is 14.6. The molecule has 5 rings (SSSR count). The Bertz CT molecular complexity index is 1370. The van der Waals surface area contributed by atoms with E-state index in [0.717, 1.165) is 30.0 Å². The van der Waals surface area contributed by atoms with E-state index in [1.54, 1.807) is 12.1 Å². The lowest BCUT2D eigenvalue weighted by Crippen LogP contribution is -2.11. The number of halogens is 3. The smallest absolute Gasteiger partial charge is 0.202 e. The third-order valence-corrected chi connectivity index (χ3v) is 6.57. The van der Waals surface area contributed by atoms with Crippen LogP contribution in [0.15, 0.2) is 54.6 Å². The first kappa shape index (κ1) is 20.7. The van der Waals surface area contributed by atoms with Crippen LogP contribution in [-0.2, 0) is 5.41 Å². The van der Waals surface area contributed by atoms with E-state index in [4.69, 9.17) is 11.6 Å². The maximum Gasteiger partial charge on any atom is 0.202 e. The molecule has 3 N–H and O–H groups in total. The van der Waals surface area contributed by atoms with Crippen LogP contribution in [0.4, 0.5) is 8.78 Å². The second-order valence-electron chi connectivity index (χ2n) is 8.17. The zero-order valence-corrected chi connectivity index (χ0v) is 17.5. The van der Waals surface area contributed by atoms with Gasteiger partial charge in [-0.3, -0.25) is 4.79 Å². The van der Waals surface area contributed by atoms with Gasteiger partial charge in [0.1, 0.15) is 0 Å². The maximum atomic E-state index is 14.2. The van der Waals surface area contributed by atoms with Gasteiger partial charge in [-0.05, 0) is 48.2 Å². The molecule has 1 aromatic heterocycles. The summed E-state index contributed by atoms with van der Waals surface area (Å²) in [5.74, 6) is -3.70. The molecule has 4 aromatic rings. The third-order valence-electron chi connectivity index (χ3n) is 6.25. The number of aliphatic hydroxyl groups is 1. The lowest BCUT2D eigenvalue weighted by atomic mass is 9.93. The van der Waals surface area contributed by atoms with Crippen LogP contribution in [0.5, 0.6) is 5.88 Å². The Morgan fingerprint density at radius 3 is 2.47 bits per heavy atom. The number of aliphatic hydroxyl groups excluding tert-OH is 1. The molecule has 162 valence electrons.